The lowest BCUT2D eigenvalue weighted by Crippen LogP contribution is -2.35. The van der Waals surface area contributed by atoms with Crippen molar-refractivity contribution in [3.05, 3.63) is 58.6 Å². The Labute approximate surface area is 139 Å². The van der Waals surface area contributed by atoms with Crippen molar-refractivity contribution in [1.82, 2.24) is 0 Å². The number of amides is 1. The second kappa shape index (κ2) is 5.96. The van der Waals surface area contributed by atoms with Crippen LogP contribution in [0.3, 0.4) is 0 Å². The minimum absolute atomic E-state index is 0.0632. The topological polar surface area (TPSA) is 80.5 Å². The lowest BCUT2D eigenvalue weighted by molar-refractivity contribution is 0.0985. The molecule has 0 radical (unpaired) electrons. The average molecular weight is 351 g/mol. The van der Waals surface area contributed by atoms with Gasteiger partial charge in [-0.2, -0.15) is 0 Å². The van der Waals surface area contributed by atoms with E-state index in [0.717, 1.165) is 12.0 Å². The summed E-state index contributed by atoms with van der Waals surface area (Å²) in [4.78, 5) is 14.4. The number of carbonyl (C=O) groups is 1. The summed E-state index contributed by atoms with van der Waals surface area (Å²) in [5.41, 5.74) is 2.02. The molecule has 2 aromatic carbocycles. The minimum atomic E-state index is -3.75. The summed E-state index contributed by atoms with van der Waals surface area (Å²) >= 11 is 5.95. The van der Waals surface area contributed by atoms with Gasteiger partial charge in [-0.1, -0.05) is 17.7 Å². The first-order valence-electron chi connectivity index (χ1n) is 7.09. The molecule has 5 nitrogen and oxygen atoms in total. The highest BCUT2D eigenvalue weighted by Gasteiger charge is 2.25. The smallest absolute Gasteiger partial charge is 0.258 e. The van der Waals surface area contributed by atoms with Crippen LogP contribution in [0, 0.1) is 0 Å². The van der Waals surface area contributed by atoms with Gasteiger partial charge in [-0.05, 0) is 54.8 Å². The van der Waals surface area contributed by atoms with E-state index in [0.29, 0.717) is 29.2 Å². The van der Waals surface area contributed by atoms with Crippen molar-refractivity contribution in [3.63, 3.8) is 0 Å². The number of aryl methyl sites for hydroxylation is 1. The van der Waals surface area contributed by atoms with E-state index in [9.17, 15) is 13.2 Å². The molecule has 0 bridgehead atoms. The van der Waals surface area contributed by atoms with Gasteiger partial charge in [0.15, 0.2) is 0 Å². The number of carbonyl (C=O) groups excluding carboxylic acids is 1. The van der Waals surface area contributed by atoms with E-state index in [1.54, 1.807) is 41.3 Å². The lowest BCUT2D eigenvalue weighted by Gasteiger charge is -2.30. The average Bonchev–Trinajstić information content (AvgIpc) is 2.52. The first-order chi connectivity index (χ1) is 10.9. The van der Waals surface area contributed by atoms with Gasteiger partial charge >= 0.3 is 0 Å². The van der Waals surface area contributed by atoms with Crippen LogP contribution in [0.2, 0.25) is 5.02 Å². The Balaban J connectivity index is 2.00. The first-order valence-corrected chi connectivity index (χ1v) is 9.02. The van der Waals surface area contributed by atoms with Crippen LogP contribution in [0.15, 0.2) is 47.4 Å². The van der Waals surface area contributed by atoms with Crippen LogP contribution in [0.1, 0.15) is 22.3 Å². The van der Waals surface area contributed by atoms with Gasteiger partial charge < -0.3 is 4.90 Å². The van der Waals surface area contributed by atoms with Gasteiger partial charge in [-0.25, -0.2) is 13.6 Å². The van der Waals surface area contributed by atoms with Crippen molar-refractivity contribution >= 4 is 33.2 Å². The van der Waals surface area contributed by atoms with Gasteiger partial charge in [-0.3, -0.25) is 4.79 Å². The maximum absolute atomic E-state index is 12.7. The molecule has 0 atom stereocenters. The number of fused-ring (bicyclic) bond motifs is 1. The summed E-state index contributed by atoms with van der Waals surface area (Å²) in [5.74, 6) is -0.156. The molecule has 0 aromatic heterocycles. The number of primary sulfonamides is 1. The van der Waals surface area contributed by atoms with E-state index in [1.165, 1.54) is 6.07 Å². The van der Waals surface area contributed by atoms with Gasteiger partial charge in [0.25, 0.3) is 5.91 Å². The Bertz CT molecular complexity index is 881. The van der Waals surface area contributed by atoms with Crippen LogP contribution in [-0.4, -0.2) is 20.9 Å². The molecule has 120 valence electrons. The minimum Gasteiger partial charge on any atom is -0.308 e. The number of nitrogens with two attached hydrogens (primary N) is 1. The molecule has 1 aliphatic heterocycles. The predicted octanol–water partition coefficient (Wildman–Crippen LogP) is 2.58. The molecular weight excluding hydrogens is 336 g/mol. The monoisotopic (exact) mass is 350 g/mol. The largest absolute Gasteiger partial charge is 0.308 e. The summed E-state index contributed by atoms with van der Waals surface area (Å²) in [5, 5.41) is 5.67. The van der Waals surface area contributed by atoms with Crippen LogP contribution in [-0.2, 0) is 16.4 Å². The fraction of sp³-hybridized carbons (Fsp3) is 0.188. The Kier molecular flexibility index (Phi) is 4.14. The Morgan fingerprint density at radius 2 is 1.96 bits per heavy atom. The molecule has 2 aromatic rings. The quantitative estimate of drug-likeness (QED) is 0.903. The van der Waals surface area contributed by atoms with E-state index < -0.39 is 10.0 Å². The molecule has 0 aliphatic carbocycles. The highest BCUT2D eigenvalue weighted by Crippen LogP contribution is 2.30. The van der Waals surface area contributed by atoms with E-state index in [4.69, 9.17) is 16.7 Å². The van der Waals surface area contributed by atoms with Crippen molar-refractivity contribution in [2.75, 3.05) is 11.4 Å². The molecule has 2 N–H and O–H groups in total. The number of hydrogen-bond acceptors (Lipinski definition) is 3. The Morgan fingerprint density at radius 1 is 1.17 bits per heavy atom. The second-order valence-corrected chi connectivity index (χ2v) is 7.40. The number of hydrogen-bond donors (Lipinski definition) is 1. The van der Waals surface area contributed by atoms with Gasteiger partial charge in [0, 0.05) is 22.8 Å². The van der Waals surface area contributed by atoms with Crippen molar-refractivity contribution < 1.29 is 13.2 Å². The molecule has 1 heterocycles. The second-order valence-electron chi connectivity index (χ2n) is 5.41. The lowest BCUT2D eigenvalue weighted by atomic mass is 10.0. The molecule has 7 heteroatoms. The van der Waals surface area contributed by atoms with E-state index in [1.807, 2.05) is 0 Å². The highest BCUT2D eigenvalue weighted by molar-refractivity contribution is 7.89. The molecule has 1 amide bonds. The maximum Gasteiger partial charge on any atom is 0.258 e. The summed E-state index contributed by atoms with van der Waals surface area (Å²) in [6, 6.07) is 11.4. The van der Waals surface area contributed by atoms with E-state index >= 15 is 0 Å². The van der Waals surface area contributed by atoms with Crippen molar-refractivity contribution in [1.29, 1.82) is 0 Å². The third-order valence-corrected chi connectivity index (χ3v) is 4.96. The molecule has 1 aliphatic rings. The van der Waals surface area contributed by atoms with Crippen LogP contribution in [0.4, 0.5) is 5.69 Å². The normalized spacial score (nSPS) is 14.4. The van der Waals surface area contributed by atoms with Crippen molar-refractivity contribution in [3.8, 4) is 0 Å². The fourth-order valence-electron chi connectivity index (χ4n) is 2.74. The van der Waals surface area contributed by atoms with Gasteiger partial charge in [0.1, 0.15) is 0 Å². The van der Waals surface area contributed by atoms with Crippen molar-refractivity contribution in [2.24, 2.45) is 5.14 Å². The Hall–Kier alpha value is -1.89. The van der Waals surface area contributed by atoms with E-state index in [-0.39, 0.29) is 10.8 Å². The third-order valence-electron chi connectivity index (χ3n) is 3.81. The third kappa shape index (κ3) is 3.24. The number of anilines is 1. The molecule has 0 saturated heterocycles. The van der Waals surface area contributed by atoms with Gasteiger partial charge in [0.05, 0.1) is 4.90 Å². The zero-order valence-electron chi connectivity index (χ0n) is 12.2. The van der Waals surface area contributed by atoms with Crippen molar-refractivity contribution in [2.45, 2.75) is 17.7 Å². The molecule has 0 fully saturated rings. The summed E-state index contributed by atoms with van der Waals surface area (Å²) in [6.07, 6.45) is 1.46. The predicted molar refractivity (Wildman–Crippen MR) is 89.3 cm³/mol. The van der Waals surface area contributed by atoms with Gasteiger partial charge in [0.2, 0.25) is 10.0 Å². The molecule has 3 rings (SSSR count). The van der Waals surface area contributed by atoms with Crippen LogP contribution in [0.5, 0.6) is 0 Å². The van der Waals surface area contributed by atoms with Crippen LogP contribution in [0.25, 0.3) is 0 Å². The number of rotatable bonds is 2. The number of sulfonamides is 1. The molecule has 23 heavy (non-hydrogen) atoms. The number of nitrogens with zero attached hydrogens (tertiary/aromatic N) is 1. The maximum atomic E-state index is 12.7. The SMILES string of the molecule is NS(=O)(=O)c1ccc2c(c1)CCCN2C(=O)c1cccc(Cl)c1. The summed E-state index contributed by atoms with van der Waals surface area (Å²) in [6.45, 7) is 0.576. The molecule has 0 spiro atoms. The van der Waals surface area contributed by atoms with Crippen LogP contribution >= 0.6 is 11.6 Å². The zero-order valence-corrected chi connectivity index (χ0v) is 13.8. The van der Waals surface area contributed by atoms with E-state index in [2.05, 4.69) is 0 Å². The standard InChI is InChI=1S/C16H15ClN2O3S/c17-13-5-1-3-12(9-13)16(20)19-8-2-4-11-10-14(23(18,21)22)6-7-15(11)19/h1,3,5-7,9-10H,2,4,8H2,(H2,18,21,22). The number of benzene rings is 2. The highest BCUT2D eigenvalue weighted by atomic mass is 35.5. The molecule has 0 saturated carbocycles. The van der Waals surface area contributed by atoms with Crippen LogP contribution < -0.4 is 10.0 Å². The Morgan fingerprint density at radius 3 is 2.65 bits per heavy atom. The first kappa shape index (κ1) is 16.0. The summed E-state index contributed by atoms with van der Waals surface area (Å²) < 4.78 is 23.0. The summed E-state index contributed by atoms with van der Waals surface area (Å²) in [7, 11) is -3.75. The van der Waals surface area contributed by atoms with Gasteiger partial charge in [-0.15, -0.1) is 0 Å². The fourth-order valence-corrected chi connectivity index (χ4v) is 3.49. The zero-order chi connectivity index (χ0) is 16.6. The molecular formula is C16H15ClN2O3S. The molecule has 0 unspecified atom stereocenters. The number of halogens is 1.